The third-order valence-corrected chi connectivity index (χ3v) is 5.50. The molecule has 2 aromatic rings. The van der Waals surface area contributed by atoms with Gasteiger partial charge in [-0.15, -0.1) is 0 Å². The van der Waals surface area contributed by atoms with Crippen LogP contribution in [0.4, 0.5) is 0 Å². The van der Waals surface area contributed by atoms with Gasteiger partial charge in [0.2, 0.25) is 5.91 Å². The molecule has 1 saturated heterocycles. The van der Waals surface area contributed by atoms with Crippen molar-refractivity contribution in [2.45, 2.75) is 38.8 Å². The van der Waals surface area contributed by atoms with Gasteiger partial charge in [0.05, 0.1) is 0 Å². The van der Waals surface area contributed by atoms with Gasteiger partial charge in [0.1, 0.15) is 5.75 Å². The lowest BCUT2D eigenvalue weighted by Gasteiger charge is -2.32. The van der Waals surface area contributed by atoms with Crippen molar-refractivity contribution in [3.63, 3.8) is 0 Å². The maximum Gasteiger partial charge on any atom is 0.220 e. The zero-order chi connectivity index (χ0) is 19.1. The number of phenols is 1. The largest absolute Gasteiger partial charge is 0.508 e. The standard InChI is InChI=1S/C22H27ClN2O2/c23-21-9-2-1-7-19(21)14-24-22(27)11-10-17-6-4-12-25(15-17)16-18-5-3-8-20(26)13-18/h1-3,5,7-9,13,17,26H,4,6,10-12,14-16H2,(H,24,27)/t17-/m0/s1. The number of rotatable bonds is 7. The summed E-state index contributed by atoms with van der Waals surface area (Å²) in [5.74, 6) is 0.943. The molecule has 0 bridgehead atoms. The summed E-state index contributed by atoms with van der Waals surface area (Å²) in [5.41, 5.74) is 2.08. The molecule has 0 aromatic heterocycles. The summed E-state index contributed by atoms with van der Waals surface area (Å²) in [6.07, 6.45) is 3.79. The average molecular weight is 387 g/mol. The minimum atomic E-state index is 0.0834. The van der Waals surface area contributed by atoms with Crippen molar-refractivity contribution in [3.05, 3.63) is 64.7 Å². The monoisotopic (exact) mass is 386 g/mol. The number of carbonyl (C=O) groups is 1. The van der Waals surface area contributed by atoms with Crippen LogP contribution in [0.15, 0.2) is 48.5 Å². The molecule has 1 atom stereocenters. The second-order valence-corrected chi connectivity index (χ2v) is 7.73. The van der Waals surface area contributed by atoms with Crippen molar-refractivity contribution in [1.82, 2.24) is 10.2 Å². The highest BCUT2D eigenvalue weighted by molar-refractivity contribution is 6.31. The van der Waals surface area contributed by atoms with Gasteiger partial charge in [-0.25, -0.2) is 0 Å². The molecule has 5 heteroatoms. The molecule has 0 saturated carbocycles. The molecular weight excluding hydrogens is 360 g/mol. The van der Waals surface area contributed by atoms with E-state index in [1.54, 1.807) is 6.07 Å². The Kier molecular flexibility index (Phi) is 7.13. The maximum atomic E-state index is 12.2. The molecule has 27 heavy (non-hydrogen) atoms. The summed E-state index contributed by atoms with van der Waals surface area (Å²) in [4.78, 5) is 14.6. The Morgan fingerprint density at radius 3 is 2.89 bits per heavy atom. The van der Waals surface area contributed by atoms with Crippen LogP contribution in [0.3, 0.4) is 0 Å². The minimum Gasteiger partial charge on any atom is -0.508 e. The van der Waals surface area contributed by atoms with E-state index in [9.17, 15) is 9.90 Å². The molecule has 3 rings (SSSR count). The van der Waals surface area contributed by atoms with Gasteiger partial charge in [-0.1, -0.05) is 41.9 Å². The van der Waals surface area contributed by atoms with Crippen molar-refractivity contribution in [3.8, 4) is 5.75 Å². The summed E-state index contributed by atoms with van der Waals surface area (Å²) in [5, 5.41) is 13.3. The van der Waals surface area contributed by atoms with E-state index in [-0.39, 0.29) is 5.91 Å². The highest BCUT2D eigenvalue weighted by Gasteiger charge is 2.20. The van der Waals surface area contributed by atoms with Crippen LogP contribution < -0.4 is 5.32 Å². The number of amides is 1. The molecule has 1 fully saturated rings. The number of hydrogen-bond acceptors (Lipinski definition) is 3. The second kappa shape index (κ2) is 9.77. The fraction of sp³-hybridized carbons (Fsp3) is 0.409. The number of piperidine rings is 1. The average Bonchev–Trinajstić information content (AvgIpc) is 2.66. The highest BCUT2D eigenvalue weighted by Crippen LogP contribution is 2.23. The summed E-state index contributed by atoms with van der Waals surface area (Å²) in [6, 6.07) is 15.0. The number of likely N-dealkylation sites (tertiary alicyclic amines) is 1. The number of carbonyl (C=O) groups excluding carboxylic acids is 1. The van der Waals surface area contributed by atoms with Gasteiger partial charge >= 0.3 is 0 Å². The van der Waals surface area contributed by atoms with Gasteiger partial charge in [-0.05, 0) is 61.1 Å². The highest BCUT2D eigenvalue weighted by atomic mass is 35.5. The molecule has 1 heterocycles. The molecule has 1 aliphatic rings. The van der Waals surface area contributed by atoms with Gasteiger partial charge < -0.3 is 10.4 Å². The first-order chi connectivity index (χ1) is 13.1. The third kappa shape index (κ3) is 6.26. The van der Waals surface area contributed by atoms with Crippen LogP contribution >= 0.6 is 11.6 Å². The lowest BCUT2D eigenvalue weighted by Crippen LogP contribution is -2.35. The van der Waals surface area contributed by atoms with Crippen LogP contribution in [0.25, 0.3) is 0 Å². The molecule has 0 spiro atoms. The van der Waals surface area contributed by atoms with Crippen molar-refractivity contribution < 1.29 is 9.90 Å². The van der Waals surface area contributed by atoms with E-state index in [0.29, 0.717) is 29.7 Å². The third-order valence-electron chi connectivity index (χ3n) is 5.13. The lowest BCUT2D eigenvalue weighted by atomic mass is 9.93. The maximum absolute atomic E-state index is 12.2. The molecular formula is C22H27ClN2O2. The fourth-order valence-corrected chi connectivity index (χ4v) is 3.91. The first-order valence-electron chi connectivity index (χ1n) is 9.60. The van der Waals surface area contributed by atoms with Crippen LogP contribution in [-0.2, 0) is 17.9 Å². The zero-order valence-corrected chi connectivity index (χ0v) is 16.3. The summed E-state index contributed by atoms with van der Waals surface area (Å²) in [7, 11) is 0. The van der Waals surface area contributed by atoms with Crippen molar-refractivity contribution in [2.75, 3.05) is 13.1 Å². The number of aromatic hydroxyl groups is 1. The number of nitrogens with one attached hydrogen (secondary N) is 1. The molecule has 1 aliphatic heterocycles. The first kappa shape index (κ1) is 19.7. The summed E-state index contributed by atoms with van der Waals surface area (Å²) in [6.45, 7) is 3.41. The Morgan fingerprint density at radius 2 is 2.07 bits per heavy atom. The SMILES string of the molecule is O=C(CC[C@@H]1CCCN(Cc2cccc(O)c2)C1)NCc1ccccc1Cl. The van der Waals surface area contributed by atoms with Gasteiger partial charge in [-0.3, -0.25) is 9.69 Å². The van der Waals surface area contributed by atoms with E-state index < -0.39 is 0 Å². The Bertz CT molecular complexity index is 765. The van der Waals surface area contributed by atoms with Gasteiger partial charge in [0, 0.05) is 31.1 Å². The van der Waals surface area contributed by atoms with Crippen LogP contribution in [0, 0.1) is 5.92 Å². The molecule has 2 aromatic carbocycles. The van der Waals surface area contributed by atoms with E-state index >= 15 is 0 Å². The Balaban J connectivity index is 1.41. The summed E-state index contributed by atoms with van der Waals surface area (Å²) < 4.78 is 0. The predicted molar refractivity (Wildman–Crippen MR) is 109 cm³/mol. The van der Waals surface area contributed by atoms with E-state index in [1.165, 1.54) is 6.42 Å². The molecule has 144 valence electrons. The number of benzene rings is 2. The molecule has 0 aliphatic carbocycles. The van der Waals surface area contributed by atoms with Gasteiger partial charge in [-0.2, -0.15) is 0 Å². The second-order valence-electron chi connectivity index (χ2n) is 7.32. The first-order valence-corrected chi connectivity index (χ1v) is 9.98. The van der Waals surface area contributed by atoms with Gasteiger partial charge in [0.25, 0.3) is 0 Å². The molecule has 0 radical (unpaired) electrons. The molecule has 2 N–H and O–H groups in total. The minimum absolute atomic E-state index is 0.0834. The van der Waals surface area contributed by atoms with Crippen LogP contribution in [-0.4, -0.2) is 29.0 Å². The normalized spacial score (nSPS) is 17.6. The topological polar surface area (TPSA) is 52.6 Å². The van der Waals surface area contributed by atoms with E-state index in [0.717, 1.165) is 43.6 Å². The Morgan fingerprint density at radius 1 is 1.22 bits per heavy atom. The van der Waals surface area contributed by atoms with Crippen LogP contribution in [0.5, 0.6) is 5.75 Å². The Hall–Kier alpha value is -2.04. The number of nitrogens with zero attached hydrogens (tertiary/aromatic N) is 1. The van der Waals surface area contributed by atoms with Crippen LogP contribution in [0.2, 0.25) is 5.02 Å². The summed E-state index contributed by atoms with van der Waals surface area (Å²) >= 11 is 6.13. The van der Waals surface area contributed by atoms with Gasteiger partial charge in [0.15, 0.2) is 0 Å². The van der Waals surface area contributed by atoms with Crippen molar-refractivity contribution in [1.29, 1.82) is 0 Å². The Labute approximate surface area is 166 Å². The van der Waals surface area contributed by atoms with Crippen molar-refractivity contribution >= 4 is 17.5 Å². The lowest BCUT2D eigenvalue weighted by molar-refractivity contribution is -0.121. The predicted octanol–water partition coefficient (Wildman–Crippen LogP) is 4.35. The van der Waals surface area contributed by atoms with E-state index in [4.69, 9.17) is 11.6 Å². The quantitative estimate of drug-likeness (QED) is 0.743. The number of phenolic OH excluding ortho intramolecular Hbond substituents is 1. The van der Waals surface area contributed by atoms with E-state index in [2.05, 4.69) is 10.2 Å². The molecule has 0 unspecified atom stereocenters. The fourth-order valence-electron chi connectivity index (χ4n) is 3.70. The van der Waals surface area contributed by atoms with Crippen LogP contribution in [0.1, 0.15) is 36.8 Å². The van der Waals surface area contributed by atoms with Crippen molar-refractivity contribution in [2.24, 2.45) is 5.92 Å². The zero-order valence-electron chi connectivity index (χ0n) is 15.5. The van der Waals surface area contributed by atoms with E-state index in [1.807, 2.05) is 42.5 Å². The number of halogens is 1. The number of hydrogen-bond donors (Lipinski definition) is 2. The smallest absolute Gasteiger partial charge is 0.220 e. The molecule has 1 amide bonds. The molecule has 4 nitrogen and oxygen atoms in total.